The molecule has 0 aliphatic heterocycles. The molecule has 0 atom stereocenters. The fourth-order valence-electron chi connectivity index (χ4n) is 4.63. The molecular weight excluding hydrogens is 529 g/mol. The quantitative estimate of drug-likeness (QED) is 0.186. The van der Waals surface area contributed by atoms with Crippen molar-refractivity contribution < 1.29 is 9.18 Å². The fourth-order valence-corrected chi connectivity index (χ4v) is 4.63. The zero-order valence-electron chi connectivity index (χ0n) is 23.5. The molecule has 0 bridgehead atoms. The minimum Gasteiger partial charge on any atom is -0.310 e. The number of nitrogens with zero attached hydrogens (tertiary/aromatic N) is 5. The number of carbonyl (C=O) groups excluding carboxylic acids is 1. The molecule has 0 amide bonds. The van der Waals surface area contributed by atoms with Gasteiger partial charge in [-0.25, -0.2) is 14.4 Å². The Labute approximate surface area is 243 Å². The average Bonchev–Trinajstić information content (AvgIpc) is 2.98. The Morgan fingerprint density at radius 2 is 1.79 bits per heavy atom. The molecule has 0 aliphatic carbocycles. The number of benzene rings is 2. The van der Waals surface area contributed by atoms with Crippen LogP contribution in [0.3, 0.4) is 0 Å². The van der Waals surface area contributed by atoms with E-state index in [2.05, 4.69) is 56.0 Å². The molecule has 0 aliphatic rings. The van der Waals surface area contributed by atoms with Gasteiger partial charge >= 0.3 is 0 Å². The van der Waals surface area contributed by atoms with Gasteiger partial charge in [-0.15, -0.1) is 0 Å². The van der Waals surface area contributed by atoms with E-state index in [4.69, 9.17) is 0 Å². The third kappa shape index (κ3) is 7.00. The first kappa shape index (κ1) is 28.5. The molecule has 0 unspecified atom stereocenters. The lowest BCUT2D eigenvalue weighted by molar-refractivity contribution is 0.0982. The number of aromatic nitrogens is 4. The maximum Gasteiger partial charge on any atom is 0.261 e. The predicted molar refractivity (Wildman–Crippen MR) is 161 cm³/mol. The molecule has 0 saturated heterocycles. The van der Waals surface area contributed by atoms with E-state index in [1.807, 2.05) is 20.2 Å². The summed E-state index contributed by atoms with van der Waals surface area (Å²) < 4.78 is 16.7. The molecule has 8 heteroatoms. The topological polar surface area (TPSA) is 81.0 Å². The van der Waals surface area contributed by atoms with Crippen molar-refractivity contribution in [2.24, 2.45) is 0 Å². The summed E-state index contributed by atoms with van der Waals surface area (Å²) in [5.41, 5.74) is 3.63. The van der Waals surface area contributed by atoms with E-state index in [9.17, 15) is 9.59 Å². The molecule has 42 heavy (non-hydrogen) atoms. The molecule has 0 radical (unpaired) electrons. The van der Waals surface area contributed by atoms with Gasteiger partial charge in [0, 0.05) is 50.6 Å². The van der Waals surface area contributed by atoms with Gasteiger partial charge in [0.25, 0.3) is 5.56 Å². The number of pyridine rings is 2. The van der Waals surface area contributed by atoms with Gasteiger partial charge in [0.15, 0.2) is 5.78 Å². The SMILES string of the molecule is CN(C)Cc1ccc(Cc2ncc3c(F)c(C#CCCC(=O)c4cccn(Cc5cccnc5)c4=O)ccc3n2)cc1. The standard InChI is InChI=1S/C34H30FN5O2/c1-39(2)22-25-13-11-24(12-14-25)19-32-37-21-29-30(38-32)16-15-27(33(29)35)8-3-4-10-31(41)28-9-6-18-40(34(28)42)23-26-7-5-17-36-20-26/h5-7,9,11-18,20-21H,4,10,19,22-23H2,1-2H3. The number of halogens is 1. The lowest BCUT2D eigenvalue weighted by Gasteiger charge is -2.10. The van der Waals surface area contributed by atoms with Crippen molar-refractivity contribution in [3.8, 4) is 11.8 Å². The summed E-state index contributed by atoms with van der Waals surface area (Å²) in [5, 5.41) is 0.293. The van der Waals surface area contributed by atoms with Crippen molar-refractivity contribution in [3.63, 3.8) is 0 Å². The van der Waals surface area contributed by atoms with Gasteiger partial charge in [-0.05, 0) is 61.1 Å². The second-order valence-corrected chi connectivity index (χ2v) is 10.3. The number of carbonyl (C=O) groups is 1. The highest BCUT2D eigenvalue weighted by molar-refractivity contribution is 5.95. The molecule has 0 fully saturated rings. The summed E-state index contributed by atoms with van der Waals surface area (Å²) in [6.45, 7) is 1.19. The second kappa shape index (κ2) is 13.1. The molecular formula is C34H30FN5O2. The molecule has 210 valence electrons. The van der Waals surface area contributed by atoms with Gasteiger partial charge in [0.05, 0.1) is 28.6 Å². The smallest absolute Gasteiger partial charge is 0.261 e. The minimum absolute atomic E-state index is 0.0525. The molecule has 0 N–H and O–H groups in total. The highest BCUT2D eigenvalue weighted by Gasteiger charge is 2.13. The van der Waals surface area contributed by atoms with E-state index < -0.39 is 5.82 Å². The summed E-state index contributed by atoms with van der Waals surface area (Å²) in [6, 6.07) is 18.5. The Morgan fingerprint density at radius 1 is 0.976 bits per heavy atom. The van der Waals surface area contributed by atoms with Crippen LogP contribution in [0.15, 0.2) is 90.2 Å². The number of hydrogen-bond acceptors (Lipinski definition) is 6. The van der Waals surface area contributed by atoms with E-state index in [0.717, 1.165) is 17.7 Å². The predicted octanol–water partition coefficient (Wildman–Crippen LogP) is 5.04. The lowest BCUT2D eigenvalue weighted by atomic mass is 10.1. The van der Waals surface area contributed by atoms with Crippen LogP contribution >= 0.6 is 0 Å². The minimum atomic E-state index is -0.493. The molecule has 0 spiro atoms. The maximum atomic E-state index is 15.2. The normalized spacial score (nSPS) is 11.0. The van der Waals surface area contributed by atoms with E-state index in [-0.39, 0.29) is 35.3 Å². The molecule has 3 heterocycles. The lowest BCUT2D eigenvalue weighted by Crippen LogP contribution is -2.26. The van der Waals surface area contributed by atoms with E-state index in [1.165, 1.54) is 22.4 Å². The van der Waals surface area contributed by atoms with Crippen LogP contribution in [0.1, 0.15) is 51.3 Å². The van der Waals surface area contributed by atoms with Gasteiger partial charge in [0.1, 0.15) is 11.6 Å². The zero-order valence-corrected chi connectivity index (χ0v) is 23.5. The van der Waals surface area contributed by atoms with Crippen LogP contribution in [-0.4, -0.2) is 44.3 Å². The largest absolute Gasteiger partial charge is 0.310 e. The van der Waals surface area contributed by atoms with Crippen LogP contribution in [0, 0.1) is 17.7 Å². The Bertz CT molecular complexity index is 1840. The summed E-state index contributed by atoms with van der Waals surface area (Å²) in [4.78, 5) is 40.7. The molecule has 7 nitrogen and oxygen atoms in total. The first-order valence-electron chi connectivity index (χ1n) is 13.6. The number of ketones is 1. The summed E-state index contributed by atoms with van der Waals surface area (Å²) in [5.74, 6) is 5.50. The van der Waals surface area contributed by atoms with E-state index >= 15 is 4.39 Å². The third-order valence-electron chi connectivity index (χ3n) is 6.73. The van der Waals surface area contributed by atoms with Crippen LogP contribution < -0.4 is 5.56 Å². The summed E-state index contributed by atoms with van der Waals surface area (Å²) >= 11 is 0. The average molecular weight is 560 g/mol. The fraction of sp³-hybridized carbons (Fsp3) is 0.206. The Morgan fingerprint density at radius 3 is 2.55 bits per heavy atom. The van der Waals surface area contributed by atoms with E-state index in [0.29, 0.717) is 29.7 Å². The molecule has 5 rings (SSSR count). The number of Topliss-reactive ketones (excluding diaryl/α,β-unsaturated/α-hetero) is 1. The van der Waals surface area contributed by atoms with Crippen molar-refractivity contribution in [1.82, 2.24) is 24.4 Å². The summed E-state index contributed by atoms with van der Waals surface area (Å²) in [6.07, 6.45) is 7.27. The molecule has 5 aromatic rings. The maximum absolute atomic E-state index is 15.2. The van der Waals surface area contributed by atoms with Crippen LogP contribution in [0.5, 0.6) is 0 Å². The summed E-state index contributed by atoms with van der Waals surface area (Å²) in [7, 11) is 4.06. The van der Waals surface area contributed by atoms with Crippen molar-refractivity contribution in [1.29, 1.82) is 0 Å². The van der Waals surface area contributed by atoms with Gasteiger partial charge in [-0.1, -0.05) is 42.2 Å². The third-order valence-corrected chi connectivity index (χ3v) is 6.73. The first-order valence-corrected chi connectivity index (χ1v) is 13.6. The first-order chi connectivity index (χ1) is 20.4. The Hall–Kier alpha value is -5.00. The number of rotatable bonds is 9. The monoisotopic (exact) mass is 559 g/mol. The second-order valence-electron chi connectivity index (χ2n) is 10.3. The highest BCUT2D eigenvalue weighted by atomic mass is 19.1. The molecule has 3 aromatic heterocycles. The van der Waals surface area contributed by atoms with Gasteiger partial charge in [-0.2, -0.15) is 0 Å². The van der Waals surface area contributed by atoms with Crippen molar-refractivity contribution in [2.75, 3.05) is 14.1 Å². The number of fused-ring (bicyclic) bond motifs is 1. The molecule has 0 saturated carbocycles. The highest BCUT2D eigenvalue weighted by Crippen LogP contribution is 2.20. The zero-order chi connectivity index (χ0) is 29.5. The van der Waals surface area contributed by atoms with Crippen molar-refractivity contribution >= 4 is 16.7 Å². The molecule has 2 aromatic carbocycles. The Balaban J connectivity index is 1.22. The van der Waals surface area contributed by atoms with Crippen LogP contribution in [0.2, 0.25) is 0 Å². The van der Waals surface area contributed by atoms with Crippen LogP contribution in [0.4, 0.5) is 4.39 Å². The Kier molecular flexibility index (Phi) is 8.90. The van der Waals surface area contributed by atoms with Crippen molar-refractivity contribution in [2.45, 2.75) is 32.4 Å². The van der Waals surface area contributed by atoms with Crippen LogP contribution in [0.25, 0.3) is 10.9 Å². The van der Waals surface area contributed by atoms with Crippen molar-refractivity contribution in [3.05, 3.63) is 135 Å². The van der Waals surface area contributed by atoms with E-state index in [1.54, 1.807) is 42.9 Å². The van der Waals surface area contributed by atoms with Crippen LogP contribution in [-0.2, 0) is 19.5 Å². The number of hydrogen-bond donors (Lipinski definition) is 0. The van der Waals surface area contributed by atoms with Gasteiger partial charge in [-0.3, -0.25) is 14.6 Å². The van der Waals surface area contributed by atoms with Gasteiger partial charge in [0.2, 0.25) is 0 Å². The van der Waals surface area contributed by atoms with Gasteiger partial charge < -0.3 is 9.47 Å².